The van der Waals surface area contributed by atoms with Gasteiger partial charge in [-0.05, 0) is 77.0 Å². The second-order valence-corrected chi connectivity index (χ2v) is 8.90. The summed E-state index contributed by atoms with van der Waals surface area (Å²) in [6.45, 7) is 14.3. The number of aliphatic hydroxyl groups excluding tert-OH is 1. The summed E-state index contributed by atoms with van der Waals surface area (Å²) in [5, 5.41) is 31.0. The van der Waals surface area contributed by atoms with Gasteiger partial charge in [0.1, 0.15) is 0 Å². The highest BCUT2D eigenvalue weighted by Gasteiger charge is 2.56. The Balaban J connectivity index is 0.00000145. The van der Waals surface area contributed by atoms with Crippen LogP contribution in [0.2, 0.25) is 0 Å². The molecule has 1 heterocycles. The molecule has 0 radical (unpaired) electrons. The van der Waals surface area contributed by atoms with Crippen molar-refractivity contribution < 1.29 is 10.2 Å². The molecule has 3 rings (SSSR count). The number of fused-ring (bicyclic) bond motifs is 2. The molecule has 0 amide bonds. The lowest BCUT2D eigenvalue weighted by Gasteiger charge is -2.47. The van der Waals surface area contributed by atoms with Crippen LogP contribution in [0.25, 0.3) is 11.8 Å². The van der Waals surface area contributed by atoms with Gasteiger partial charge in [0.2, 0.25) is 0 Å². The standard InChI is InChI=1S/C23H32N2O2.CH3N/c1-6-8-19(9-7-2)25-20-12-18-10-11-23(16-26,15-21(3,4)27)22(18,5)13-17(20)14-24-25;1-2/h6-9,12,14,26-27H,1,10-11,13,15-16H2,2-5H3;2H,1H2/b9-7-,19-8+;/t22-,23-;/m0./s1. The minimum Gasteiger partial charge on any atom is -0.396 e. The summed E-state index contributed by atoms with van der Waals surface area (Å²) in [5.41, 5.74) is 3.37. The van der Waals surface area contributed by atoms with Crippen LogP contribution in [-0.2, 0) is 6.42 Å². The van der Waals surface area contributed by atoms with Crippen LogP contribution in [0.4, 0.5) is 0 Å². The summed E-state index contributed by atoms with van der Waals surface area (Å²) in [6, 6.07) is 0. The molecule has 0 saturated heterocycles. The molecule has 1 fully saturated rings. The first-order valence-corrected chi connectivity index (χ1v) is 10.1. The normalized spacial score (nSPS) is 26.4. The van der Waals surface area contributed by atoms with Gasteiger partial charge in [-0.2, -0.15) is 5.10 Å². The summed E-state index contributed by atoms with van der Waals surface area (Å²) in [5.74, 6) is 0. The molecule has 0 spiro atoms. The number of rotatable bonds is 6. The van der Waals surface area contributed by atoms with E-state index in [1.807, 2.05) is 49.9 Å². The van der Waals surface area contributed by atoms with Gasteiger partial charge in [0.05, 0.1) is 23.2 Å². The van der Waals surface area contributed by atoms with Crippen LogP contribution in [0.3, 0.4) is 0 Å². The Hall–Kier alpha value is -2.24. The van der Waals surface area contributed by atoms with Crippen molar-refractivity contribution in [3.63, 3.8) is 0 Å². The zero-order valence-corrected chi connectivity index (χ0v) is 18.2. The summed E-state index contributed by atoms with van der Waals surface area (Å²) >= 11 is 0. The third-order valence-corrected chi connectivity index (χ3v) is 6.44. The van der Waals surface area contributed by atoms with Gasteiger partial charge in [-0.3, -0.25) is 0 Å². The average Bonchev–Trinajstić information content (AvgIpc) is 3.18. The maximum Gasteiger partial charge on any atom is 0.0700 e. The van der Waals surface area contributed by atoms with Crippen molar-refractivity contribution in [1.82, 2.24) is 9.78 Å². The number of allylic oxidation sites excluding steroid dienone is 6. The number of hydrogen-bond acceptors (Lipinski definition) is 4. The van der Waals surface area contributed by atoms with Gasteiger partial charge < -0.3 is 15.6 Å². The lowest BCUT2D eigenvalue weighted by atomic mass is 9.58. The van der Waals surface area contributed by atoms with Crippen molar-refractivity contribution in [3.8, 4) is 0 Å². The van der Waals surface area contributed by atoms with Crippen molar-refractivity contribution in [2.75, 3.05) is 6.61 Å². The minimum absolute atomic E-state index is 0.0918. The van der Waals surface area contributed by atoms with Gasteiger partial charge in [-0.25, -0.2) is 4.68 Å². The van der Waals surface area contributed by atoms with Gasteiger partial charge in [-0.15, -0.1) is 0 Å². The third-order valence-electron chi connectivity index (χ3n) is 6.44. The smallest absolute Gasteiger partial charge is 0.0700 e. The number of aliphatic hydroxyl groups is 2. The largest absolute Gasteiger partial charge is 0.396 e. The molecule has 0 aliphatic heterocycles. The van der Waals surface area contributed by atoms with Crippen molar-refractivity contribution in [2.45, 2.75) is 59.0 Å². The molecule has 158 valence electrons. The summed E-state index contributed by atoms with van der Waals surface area (Å²) < 4.78 is 1.97. The monoisotopic (exact) mass is 397 g/mol. The highest BCUT2D eigenvalue weighted by Crippen LogP contribution is 2.62. The van der Waals surface area contributed by atoms with Crippen molar-refractivity contribution in [2.24, 2.45) is 10.8 Å². The van der Waals surface area contributed by atoms with Crippen LogP contribution in [-0.4, -0.2) is 38.9 Å². The molecule has 0 aromatic carbocycles. The average molecular weight is 398 g/mol. The first-order valence-electron chi connectivity index (χ1n) is 10.1. The van der Waals surface area contributed by atoms with Crippen LogP contribution < -0.4 is 0 Å². The molecule has 5 nitrogen and oxygen atoms in total. The van der Waals surface area contributed by atoms with E-state index in [0.29, 0.717) is 6.42 Å². The molecular weight excluding hydrogens is 362 g/mol. The summed E-state index contributed by atoms with van der Waals surface area (Å²) in [6.07, 6.45) is 15.2. The Bertz CT molecular complexity index is 841. The Morgan fingerprint density at radius 3 is 2.66 bits per heavy atom. The predicted octanol–water partition coefficient (Wildman–Crippen LogP) is 4.63. The van der Waals surface area contributed by atoms with Gasteiger partial charge in [0.15, 0.2) is 0 Å². The van der Waals surface area contributed by atoms with Crippen molar-refractivity contribution in [1.29, 1.82) is 5.41 Å². The van der Waals surface area contributed by atoms with Crippen LogP contribution >= 0.6 is 0 Å². The highest BCUT2D eigenvalue weighted by molar-refractivity contribution is 5.68. The van der Waals surface area contributed by atoms with Gasteiger partial charge >= 0.3 is 0 Å². The lowest BCUT2D eigenvalue weighted by molar-refractivity contribution is -0.0479. The van der Waals surface area contributed by atoms with Crippen molar-refractivity contribution >= 4 is 18.5 Å². The number of aromatic nitrogens is 2. The fourth-order valence-electron chi connectivity index (χ4n) is 5.14. The molecule has 1 aromatic heterocycles. The molecule has 2 atom stereocenters. The maximum absolute atomic E-state index is 10.5. The van der Waals surface area contributed by atoms with E-state index in [0.717, 1.165) is 30.7 Å². The van der Waals surface area contributed by atoms with Crippen molar-refractivity contribution in [3.05, 3.63) is 53.9 Å². The Morgan fingerprint density at radius 1 is 1.41 bits per heavy atom. The molecule has 1 aromatic rings. The third kappa shape index (κ3) is 4.07. The molecule has 29 heavy (non-hydrogen) atoms. The molecule has 2 aliphatic carbocycles. The molecule has 0 unspecified atom stereocenters. The molecule has 3 N–H and O–H groups in total. The first kappa shape index (κ1) is 23.0. The summed E-state index contributed by atoms with van der Waals surface area (Å²) in [7, 11) is 0. The van der Waals surface area contributed by atoms with E-state index < -0.39 is 5.60 Å². The van der Waals surface area contributed by atoms with E-state index in [2.05, 4.69) is 31.4 Å². The van der Waals surface area contributed by atoms with Gasteiger partial charge in [0.25, 0.3) is 0 Å². The molecular formula is C24H35N3O2. The predicted molar refractivity (Wildman–Crippen MR) is 121 cm³/mol. The Morgan fingerprint density at radius 2 is 2.10 bits per heavy atom. The fourth-order valence-corrected chi connectivity index (χ4v) is 5.14. The first-order chi connectivity index (χ1) is 13.7. The Labute approximate surface area is 174 Å². The minimum atomic E-state index is -0.808. The second kappa shape index (κ2) is 8.64. The zero-order valence-electron chi connectivity index (χ0n) is 18.2. The van der Waals surface area contributed by atoms with E-state index in [1.54, 1.807) is 6.08 Å². The van der Waals surface area contributed by atoms with Gasteiger partial charge in [-0.1, -0.05) is 31.2 Å². The van der Waals surface area contributed by atoms with E-state index in [4.69, 9.17) is 5.41 Å². The topological polar surface area (TPSA) is 82.1 Å². The molecule has 5 heteroatoms. The fraction of sp³-hybridized carbons (Fsp3) is 0.500. The maximum atomic E-state index is 10.5. The van der Waals surface area contributed by atoms with E-state index >= 15 is 0 Å². The number of nitrogens with zero attached hydrogens (tertiary/aromatic N) is 2. The number of nitrogens with one attached hydrogen (secondary N) is 1. The quantitative estimate of drug-likeness (QED) is 0.483. The second-order valence-electron chi connectivity index (χ2n) is 8.90. The molecule has 0 bridgehead atoms. The zero-order chi connectivity index (χ0) is 21.9. The summed E-state index contributed by atoms with van der Waals surface area (Å²) in [4.78, 5) is 0. The SMILES string of the molecule is C=C/C=C(\C=C/C)n1ncc2c1C=C1CC[C@@](CO)(CC(C)(C)O)[C@@]1(C)C2.C=N. The lowest BCUT2D eigenvalue weighted by Crippen LogP contribution is -2.46. The van der Waals surface area contributed by atoms with Crippen LogP contribution in [0.5, 0.6) is 0 Å². The van der Waals surface area contributed by atoms with E-state index in [-0.39, 0.29) is 17.4 Å². The number of hydrogen-bond donors (Lipinski definition) is 3. The van der Waals surface area contributed by atoms with E-state index in [1.165, 1.54) is 11.1 Å². The van der Waals surface area contributed by atoms with E-state index in [9.17, 15) is 10.2 Å². The van der Waals surface area contributed by atoms with Crippen LogP contribution in [0, 0.1) is 16.2 Å². The Kier molecular flexibility index (Phi) is 6.86. The van der Waals surface area contributed by atoms with Crippen LogP contribution in [0.15, 0.2) is 42.7 Å². The highest BCUT2D eigenvalue weighted by atomic mass is 16.3. The van der Waals surface area contributed by atoms with Gasteiger partial charge in [0, 0.05) is 17.4 Å². The van der Waals surface area contributed by atoms with Crippen LogP contribution in [0.1, 0.15) is 58.2 Å². The molecule has 1 saturated carbocycles. The molecule has 2 aliphatic rings.